The monoisotopic (exact) mass is 453 g/mol. The number of nitrogens with zero attached hydrogens (tertiary/aromatic N) is 2. The molecule has 1 amide bonds. The molecule has 9 heteroatoms. The van der Waals surface area contributed by atoms with Crippen molar-refractivity contribution in [2.75, 3.05) is 13.4 Å². The molecule has 2 heterocycles. The van der Waals surface area contributed by atoms with Crippen LogP contribution in [0.2, 0.25) is 0 Å². The van der Waals surface area contributed by atoms with Crippen molar-refractivity contribution in [1.82, 2.24) is 15.5 Å². The van der Waals surface area contributed by atoms with Crippen molar-refractivity contribution in [3.63, 3.8) is 0 Å². The average molecular weight is 454 g/mol. The number of aromatic nitrogens is 2. The van der Waals surface area contributed by atoms with Gasteiger partial charge in [-0.1, -0.05) is 11.1 Å². The number of ether oxygens (including phenoxy) is 2. The number of aryl methyl sites for hydroxylation is 1. The summed E-state index contributed by atoms with van der Waals surface area (Å²) in [6.07, 6.45) is 8.89. The summed E-state index contributed by atoms with van der Waals surface area (Å²) in [6, 6.07) is 6.91. The summed E-state index contributed by atoms with van der Waals surface area (Å²) < 4.78 is 15.6. The van der Waals surface area contributed by atoms with Crippen molar-refractivity contribution in [2.45, 2.75) is 31.7 Å². The molecule has 0 saturated carbocycles. The number of benzene rings is 1. The molecular weight excluding hydrogens is 430 g/mol. The molecule has 0 fully saturated rings. The van der Waals surface area contributed by atoms with E-state index < -0.39 is 16.9 Å². The molecule has 0 aliphatic heterocycles. The number of fused-ring (bicyclic) bond motifs is 1. The fraction of sp³-hybridized carbons (Fsp3) is 0.304. The molecule has 3 aromatic rings. The molecule has 0 spiro atoms. The first kappa shape index (κ1) is 23.2. The zero-order chi connectivity index (χ0) is 23.5. The Kier molecular flexibility index (Phi) is 6.75. The standard InChI is InChI=1S/C23H23N3O5S/c1-7-14-9-15-10-16(8-13(2)19(15)24-12-14)30-22(32-6)20(27)25-23(3,4)18-11-17(31-26-18)21(28)29-5/h1,8-12,22H,2-6H3,(H,25,27). The SMILES string of the molecule is C#Cc1cnc2c(C)cc(OC(SC)C(=O)NC(C)(C)c3cc(C(=O)OC)on3)cc2c1. The van der Waals surface area contributed by atoms with Crippen LogP contribution in [0.3, 0.4) is 0 Å². The van der Waals surface area contributed by atoms with Crippen molar-refractivity contribution in [2.24, 2.45) is 0 Å². The lowest BCUT2D eigenvalue weighted by Gasteiger charge is -2.26. The van der Waals surface area contributed by atoms with Crippen LogP contribution in [0.1, 0.15) is 41.2 Å². The van der Waals surface area contributed by atoms with Crippen LogP contribution in [0.4, 0.5) is 0 Å². The number of rotatable bonds is 7. The third-order valence-corrected chi connectivity index (χ3v) is 5.50. The summed E-state index contributed by atoms with van der Waals surface area (Å²) in [5, 5.41) is 7.59. The maximum absolute atomic E-state index is 13.0. The zero-order valence-electron chi connectivity index (χ0n) is 18.4. The number of carbonyl (C=O) groups excluding carboxylic acids is 2. The summed E-state index contributed by atoms with van der Waals surface area (Å²) in [4.78, 5) is 29.0. The van der Waals surface area contributed by atoms with E-state index in [-0.39, 0.29) is 11.7 Å². The maximum atomic E-state index is 13.0. The maximum Gasteiger partial charge on any atom is 0.376 e. The minimum Gasteiger partial charge on any atom is -0.470 e. The number of nitrogens with one attached hydrogen (secondary N) is 1. The van der Waals surface area contributed by atoms with Gasteiger partial charge in [0.25, 0.3) is 5.91 Å². The molecule has 0 aliphatic carbocycles. The third kappa shape index (κ3) is 4.86. The number of hydrogen-bond acceptors (Lipinski definition) is 8. The highest BCUT2D eigenvalue weighted by molar-refractivity contribution is 7.99. The lowest BCUT2D eigenvalue weighted by atomic mass is 10.0. The van der Waals surface area contributed by atoms with Gasteiger partial charge in [0.2, 0.25) is 11.2 Å². The topological polar surface area (TPSA) is 104 Å². The molecule has 0 aliphatic rings. The Morgan fingerprint density at radius 3 is 2.69 bits per heavy atom. The van der Waals surface area contributed by atoms with E-state index in [0.717, 1.165) is 16.5 Å². The van der Waals surface area contributed by atoms with E-state index in [2.05, 4.69) is 26.1 Å². The van der Waals surface area contributed by atoms with Crippen molar-refractivity contribution in [1.29, 1.82) is 0 Å². The van der Waals surface area contributed by atoms with Crippen LogP contribution in [0.5, 0.6) is 5.75 Å². The van der Waals surface area contributed by atoms with E-state index in [4.69, 9.17) is 15.7 Å². The smallest absolute Gasteiger partial charge is 0.376 e. The van der Waals surface area contributed by atoms with Crippen molar-refractivity contribution < 1.29 is 23.6 Å². The lowest BCUT2D eigenvalue weighted by molar-refractivity contribution is -0.126. The van der Waals surface area contributed by atoms with Crippen LogP contribution < -0.4 is 10.1 Å². The fourth-order valence-corrected chi connectivity index (χ4v) is 3.56. The number of carbonyl (C=O) groups is 2. The van der Waals surface area contributed by atoms with E-state index >= 15 is 0 Å². The Hall–Kier alpha value is -3.51. The Labute approximate surface area is 190 Å². The van der Waals surface area contributed by atoms with Gasteiger partial charge in [-0.25, -0.2) is 4.79 Å². The molecule has 0 saturated heterocycles. The predicted molar refractivity (Wildman–Crippen MR) is 121 cm³/mol. The van der Waals surface area contributed by atoms with Crippen LogP contribution >= 0.6 is 11.8 Å². The Morgan fingerprint density at radius 2 is 2.03 bits per heavy atom. The van der Waals surface area contributed by atoms with Gasteiger partial charge in [-0.05, 0) is 50.8 Å². The third-order valence-electron chi connectivity index (χ3n) is 4.76. The van der Waals surface area contributed by atoms with Gasteiger partial charge >= 0.3 is 5.97 Å². The first-order chi connectivity index (χ1) is 15.2. The second-order valence-electron chi connectivity index (χ2n) is 7.55. The summed E-state index contributed by atoms with van der Waals surface area (Å²) in [5.41, 5.74) is 1.00. The highest BCUT2D eigenvalue weighted by atomic mass is 32.2. The van der Waals surface area contributed by atoms with Crippen LogP contribution in [0.15, 0.2) is 35.0 Å². The van der Waals surface area contributed by atoms with Gasteiger partial charge < -0.3 is 19.3 Å². The van der Waals surface area contributed by atoms with Gasteiger partial charge in [0.1, 0.15) is 11.4 Å². The minimum atomic E-state index is -0.922. The molecule has 1 aromatic carbocycles. The second kappa shape index (κ2) is 9.32. The number of terminal acetylenes is 1. The Balaban J connectivity index is 1.79. The average Bonchev–Trinajstić information content (AvgIpc) is 3.27. The lowest BCUT2D eigenvalue weighted by Crippen LogP contribution is -2.46. The number of pyridine rings is 1. The van der Waals surface area contributed by atoms with E-state index in [1.165, 1.54) is 24.9 Å². The molecule has 1 N–H and O–H groups in total. The summed E-state index contributed by atoms with van der Waals surface area (Å²) in [5.74, 6) is 2.03. The molecule has 166 valence electrons. The van der Waals surface area contributed by atoms with Gasteiger partial charge in [-0.3, -0.25) is 9.78 Å². The number of hydrogen-bond donors (Lipinski definition) is 1. The predicted octanol–water partition coefficient (Wildman–Crippen LogP) is 3.42. The highest BCUT2D eigenvalue weighted by Crippen LogP contribution is 2.27. The van der Waals surface area contributed by atoms with Crippen molar-refractivity contribution >= 4 is 34.5 Å². The van der Waals surface area contributed by atoms with Gasteiger partial charge in [-0.2, -0.15) is 0 Å². The van der Waals surface area contributed by atoms with Gasteiger partial charge in [0.15, 0.2) is 0 Å². The molecule has 0 radical (unpaired) electrons. The van der Waals surface area contributed by atoms with Crippen molar-refractivity contribution in [3.05, 3.63) is 53.0 Å². The molecule has 32 heavy (non-hydrogen) atoms. The summed E-state index contributed by atoms with van der Waals surface area (Å²) >= 11 is 1.24. The number of methoxy groups -OCH3 is 1. The first-order valence-electron chi connectivity index (χ1n) is 9.62. The van der Waals surface area contributed by atoms with E-state index in [0.29, 0.717) is 17.0 Å². The number of esters is 1. The first-order valence-corrected chi connectivity index (χ1v) is 10.9. The molecule has 1 atom stereocenters. The quantitative estimate of drug-likeness (QED) is 0.330. The van der Waals surface area contributed by atoms with Crippen LogP contribution in [0, 0.1) is 19.3 Å². The molecule has 3 rings (SSSR count). The molecular formula is C23H23N3O5S. The minimum absolute atomic E-state index is 0.0472. The van der Waals surface area contributed by atoms with E-state index in [9.17, 15) is 9.59 Å². The highest BCUT2D eigenvalue weighted by Gasteiger charge is 2.32. The molecule has 2 aromatic heterocycles. The van der Waals surface area contributed by atoms with E-state index in [1.807, 2.05) is 19.1 Å². The normalized spacial score (nSPS) is 12.1. The van der Waals surface area contributed by atoms with Crippen LogP contribution in [0.25, 0.3) is 10.9 Å². The molecule has 1 unspecified atom stereocenters. The Bertz CT molecular complexity index is 1210. The van der Waals surface area contributed by atoms with Crippen LogP contribution in [-0.2, 0) is 15.1 Å². The fourth-order valence-electron chi connectivity index (χ4n) is 3.07. The zero-order valence-corrected chi connectivity index (χ0v) is 19.2. The molecule has 8 nitrogen and oxygen atoms in total. The summed E-state index contributed by atoms with van der Waals surface area (Å²) in [6.45, 7) is 5.40. The van der Waals surface area contributed by atoms with Gasteiger partial charge in [-0.15, -0.1) is 18.2 Å². The number of thioether (sulfide) groups is 1. The van der Waals surface area contributed by atoms with E-state index in [1.54, 1.807) is 32.4 Å². The number of amides is 1. The van der Waals surface area contributed by atoms with Gasteiger partial charge in [0, 0.05) is 23.2 Å². The Morgan fingerprint density at radius 1 is 1.28 bits per heavy atom. The molecule has 0 bridgehead atoms. The van der Waals surface area contributed by atoms with Gasteiger partial charge in [0.05, 0.1) is 18.2 Å². The van der Waals surface area contributed by atoms with Crippen LogP contribution in [-0.4, -0.2) is 40.8 Å². The van der Waals surface area contributed by atoms with Crippen molar-refractivity contribution in [3.8, 4) is 18.1 Å². The summed E-state index contributed by atoms with van der Waals surface area (Å²) in [7, 11) is 1.25. The largest absolute Gasteiger partial charge is 0.470 e. The second-order valence-corrected chi connectivity index (χ2v) is 8.45.